The highest BCUT2D eigenvalue weighted by molar-refractivity contribution is 7.92. The van der Waals surface area contributed by atoms with Gasteiger partial charge in [0.1, 0.15) is 4.90 Å². The van der Waals surface area contributed by atoms with E-state index in [1.165, 1.54) is 0 Å². The lowest BCUT2D eigenvalue weighted by atomic mass is 10.2. The number of aromatic nitrogens is 2. The summed E-state index contributed by atoms with van der Waals surface area (Å²) >= 11 is 0. The highest BCUT2D eigenvalue weighted by Crippen LogP contribution is 2.34. The molecule has 0 atom stereocenters. The van der Waals surface area contributed by atoms with Crippen LogP contribution in [0.5, 0.6) is 0 Å². The van der Waals surface area contributed by atoms with Crippen LogP contribution in [0.4, 0.5) is 27.6 Å². The van der Waals surface area contributed by atoms with Crippen LogP contribution in [-0.2, 0) is 16.2 Å². The summed E-state index contributed by atoms with van der Waals surface area (Å²) < 4.78 is 92.0. The molecule has 132 valence electrons. The monoisotopic (exact) mass is 377 g/mol. The van der Waals surface area contributed by atoms with Gasteiger partial charge < -0.3 is 4.98 Å². The summed E-state index contributed by atoms with van der Waals surface area (Å²) in [7, 11) is -4.68. The van der Waals surface area contributed by atoms with Crippen LogP contribution in [0, 0.1) is 11.6 Å². The van der Waals surface area contributed by atoms with Gasteiger partial charge in [-0.2, -0.15) is 13.2 Å². The molecular formula is C14H8F5N3O2S. The third-order valence-corrected chi connectivity index (χ3v) is 4.69. The van der Waals surface area contributed by atoms with Crippen LogP contribution in [0.2, 0.25) is 0 Å². The van der Waals surface area contributed by atoms with E-state index >= 15 is 0 Å². The smallest absolute Gasteiger partial charge is 0.359 e. The van der Waals surface area contributed by atoms with Crippen molar-refractivity contribution in [1.29, 1.82) is 0 Å². The largest absolute Gasteiger partial charge is 0.434 e. The highest BCUT2D eigenvalue weighted by atomic mass is 32.2. The first-order chi connectivity index (χ1) is 11.6. The second-order valence-electron chi connectivity index (χ2n) is 4.97. The summed E-state index contributed by atoms with van der Waals surface area (Å²) in [6.45, 7) is 0. The summed E-state index contributed by atoms with van der Waals surface area (Å²) in [5, 5.41) is -0.0417. The van der Waals surface area contributed by atoms with Crippen molar-refractivity contribution >= 4 is 26.6 Å². The highest BCUT2D eigenvalue weighted by Gasteiger charge is 2.39. The molecule has 2 aromatic heterocycles. The Balaban J connectivity index is 2.08. The average molecular weight is 377 g/mol. The fourth-order valence-corrected chi connectivity index (χ4v) is 3.47. The Labute approximate surface area is 137 Å². The molecule has 2 heterocycles. The zero-order chi connectivity index (χ0) is 18.4. The fourth-order valence-electron chi connectivity index (χ4n) is 2.22. The number of nitrogens with zero attached hydrogens (tertiary/aromatic N) is 1. The second-order valence-corrected chi connectivity index (χ2v) is 6.62. The van der Waals surface area contributed by atoms with E-state index in [9.17, 15) is 30.4 Å². The van der Waals surface area contributed by atoms with E-state index in [1.54, 1.807) is 0 Å². The summed E-state index contributed by atoms with van der Waals surface area (Å²) in [5.41, 5.74) is -1.75. The molecular weight excluding hydrogens is 369 g/mol. The van der Waals surface area contributed by atoms with Gasteiger partial charge in [-0.15, -0.1) is 0 Å². The van der Waals surface area contributed by atoms with Crippen LogP contribution in [0.25, 0.3) is 10.9 Å². The first-order valence-corrected chi connectivity index (χ1v) is 8.09. The number of anilines is 1. The Morgan fingerprint density at radius 2 is 1.80 bits per heavy atom. The average Bonchev–Trinajstić information content (AvgIpc) is 2.88. The molecule has 0 unspecified atom stereocenters. The number of hydrogen-bond acceptors (Lipinski definition) is 3. The molecule has 1 aromatic carbocycles. The fraction of sp³-hybridized carbons (Fsp3) is 0.0714. The van der Waals surface area contributed by atoms with Crippen LogP contribution < -0.4 is 4.72 Å². The van der Waals surface area contributed by atoms with Gasteiger partial charge in [0.15, 0.2) is 17.3 Å². The standard InChI is InChI=1S/C14H8F5N3O2S/c15-8-4-7-10(5-9(8)16)21-6-11(7)22-25(23,24)12-2-1-3-20-13(12)14(17,18)19/h1-6,21-22H. The van der Waals surface area contributed by atoms with E-state index in [2.05, 4.69) is 9.97 Å². The second kappa shape index (κ2) is 5.69. The van der Waals surface area contributed by atoms with Crippen LogP contribution >= 0.6 is 0 Å². The molecule has 0 aliphatic heterocycles. The minimum atomic E-state index is -4.99. The number of fused-ring (bicyclic) bond motifs is 1. The van der Waals surface area contributed by atoms with Crippen LogP contribution in [0.3, 0.4) is 0 Å². The molecule has 0 radical (unpaired) electrons. The molecule has 11 heteroatoms. The van der Waals surface area contributed by atoms with Crippen molar-refractivity contribution in [3.05, 3.63) is 54.0 Å². The molecule has 0 saturated heterocycles. The SMILES string of the molecule is O=S(=O)(Nc1c[nH]c2cc(F)c(F)cc12)c1cccnc1C(F)(F)F. The number of pyridine rings is 1. The Hall–Kier alpha value is -2.69. The molecule has 2 N–H and O–H groups in total. The molecule has 0 amide bonds. The molecule has 0 aliphatic carbocycles. The summed E-state index contributed by atoms with van der Waals surface area (Å²) in [4.78, 5) is 4.49. The molecule has 0 spiro atoms. The zero-order valence-electron chi connectivity index (χ0n) is 12.0. The van der Waals surface area contributed by atoms with E-state index in [4.69, 9.17) is 0 Å². The number of nitrogens with one attached hydrogen (secondary N) is 2. The third kappa shape index (κ3) is 3.14. The predicted octanol–water partition coefficient (Wildman–Crippen LogP) is 3.66. The number of sulfonamides is 1. The zero-order valence-corrected chi connectivity index (χ0v) is 12.8. The number of H-pyrrole nitrogens is 1. The number of halogens is 5. The quantitative estimate of drug-likeness (QED) is 0.684. The molecule has 0 aliphatic rings. The van der Waals surface area contributed by atoms with Crippen molar-refractivity contribution in [2.24, 2.45) is 0 Å². The molecule has 3 rings (SSSR count). The van der Waals surface area contributed by atoms with Crippen molar-refractivity contribution in [3.8, 4) is 0 Å². The van der Waals surface area contributed by atoms with E-state index in [1.807, 2.05) is 4.72 Å². The Bertz CT molecular complexity index is 1060. The lowest BCUT2D eigenvalue weighted by Crippen LogP contribution is -2.20. The van der Waals surface area contributed by atoms with Crippen molar-refractivity contribution < 1.29 is 30.4 Å². The minimum Gasteiger partial charge on any atom is -0.359 e. The summed E-state index contributed by atoms with van der Waals surface area (Å²) in [5.74, 6) is -2.39. The number of aromatic amines is 1. The first-order valence-electron chi connectivity index (χ1n) is 6.61. The van der Waals surface area contributed by atoms with Gasteiger partial charge in [-0.3, -0.25) is 9.71 Å². The molecule has 25 heavy (non-hydrogen) atoms. The maximum Gasteiger partial charge on any atom is 0.434 e. The molecule has 0 fully saturated rings. The summed E-state index contributed by atoms with van der Waals surface area (Å²) in [6, 6.07) is 3.31. The van der Waals surface area contributed by atoms with Gasteiger partial charge in [-0.05, 0) is 18.2 Å². The normalized spacial score (nSPS) is 12.5. The van der Waals surface area contributed by atoms with Crippen molar-refractivity contribution in [1.82, 2.24) is 9.97 Å². The van der Waals surface area contributed by atoms with Gasteiger partial charge in [0.2, 0.25) is 0 Å². The minimum absolute atomic E-state index is 0.0417. The summed E-state index contributed by atoms with van der Waals surface area (Å²) in [6.07, 6.45) is -3.10. The number of benzene rings is 1. The molecule has 0 saturated carbocycles. The van der Waals surface area contributed by atoms with Gasteiger partial charge in [0.25, 0.3) is 10.0 Å². The van der Waals surface area contributed by atoms with E-state index in [0.717, 1.165) is 36.7 Å². The topological polar surface area (TPSA) is 74.8 Å². The Kier molecular flexibility index (Phi) is 3.90. The number of hydrogen-bond donors (Lipinski definition) is 2. The van der Waals surface area contributed by atoms with E-state index in [0.29, 0.717) is 0 Å². The third-order valence-electron chi connectivity index (χ3n) is 3.30. The lowest BCUT2D eigenvalue weighted by Gasteiger charge is -2.12. The molecule has 5 nitrogen and oxygen atoms in total. The van der Waals surface area contributed by atoms with Crippen molar-refractivity contribution in [3.63, 3.8) is 0 Å². The van der Waals surface area contributed by atoms with Gasteiger partial charge in [0.05, 0.1) is 11.2 Å². The van der Waals surface area contributed by atoms with Crippen LogP contribution in [0.15, 0.2) is 41.6 Å². The maximum atomic E-state index is 13.4. The molecule has 3 aromatic rings. The number of alkyl halides is 3. The van der Waals surface area contributed by atoms with E-state index in [-0.39, 0.29) is 16.6 Å². The van der Waals surface area contributed by atoms with Crippen LogP contribution in [-0.4, -0.2) is 18.4 Å². The van der Waals surface area contributed by atoms with Gasteiger partial charge in [-0.25, -0.2) is 17.2 Å². The maximum absolute atomic E-state index is 13.4. The molecule has 0 bridgehead atoms. The lowest BCUT2D eigenvalue weighted by molar-refractivity contribution is -0.143. The Morgan fingerprint density at radius 1 is 1.12 bits per heavy atom. The van der Waals surface area contributed by atoms with Gasteiger partial charge in [0, 0.05) is 23.8 Å². The first kappa shape index (κ1) is 17.1. The van der Waals surface area contributed by atoms with Crippen LogP contribution in [0.1, 0.15) is 5.69 Å². The van der Waals surface area contributed by atoms with Gasteiger partial charge >= 0.3 is 6.18 Å². The Morgan fingerprint density at radius 3 is 2.48 bits per heavy atom. The van der Waals surface area contributed by atoms with Gasteiger partial charge in [-0.1, -0.05) is 0 Å². The number of rotatable bonds is 3. The predicted molar refractivity (Wildman–Crippen MR) is 78.3 cm³/mol. The van der Waals surface area contributed by atoms with E-state index < -0.39 is 38.4 Å². The van der Waals surface area contributed by atoms with Crippen molar-refractivity contribution in [2.75, 3.05) is 4.72 Å². The van der Waals surface area contributed by atoms with Crippen molar-refractivity contribution in [2.45, 2.75) is 11.1 Å².